The summed E-state index contributed by atoms with van der Waals surface area (Å²) in [5, 5.41) is 1.70. The van der Waals surface area contributed by atoms with Gasteiger partial charge in [-0.05, 0) is 12.0 Å². The molecule has 0 bridgehead atoms. The van der Waals surface area contributed by atoms with Gasteiger partial charge in [-0.1, -0.05) is 30.3 Å². The van der Waals surface area contributed by atoms with Crippen molar-refractivity contribution in [1.29, 1.82) is 0 Å². The molecule has 0 fully saturated rings. The summed E-state index contributed by atoms with van der Waals surface area (Å²) in [5.74, 6) is -1.65. The molecule has 4 rings (SSSR count). The maximum Gasteiger partial charge on any atom is 0.419 e. The van der Waals surface area contributed by atoms with Gasteiger partial charge in [0.05, 0.1) is 5.52 Å². The van der Waals surface area contributed by atoms with Crippen molar-refractivity contribution in [2.24, 2.45) is 0 Å². The number of sulfonamides is 1. The van der Waals surface area contributed by atoms with Crippen LogP contribution < -0.4 is 10.5 Å². The van der Waals surface area contributed by atoms with Crippen molar-refractivity contribution in [1.82, 2.24) is 9.55 Å². The topological polar surface area (TPSA) is 94.2 Å². The number of anilines is 1. The molecule has 10 heteroatoms. The van der Waals surface area contributed by atoms with Crippen molar-refractivity contribution >= 4 is 37.6 Å². The third kappa shape index (κ3) is 3.56. The number of benzene rings is 2. The molecule has 2 aromatic carbocycles. The molecule has 0 aliphatic rings. The maximum atomic E-state index is 14.6. The highest BCUT2D eigenvalue weighted by atomic mass is 32.2. The van der Waals surface area contributed by atoms with Gasteiger partial charge >= 0.3 is 5.76 Å². The van der Waals surface area contributed by atoms with Crippen molar-refractivity contribution in [2.75, 3.05) is 4.72 Å². The summed E-state index contributed by atoms with van der Waals surface area (Å²) < 4.78 is 48.2. The van der Waals surface area contributed by atoms with Gasteiger partial charge in [-0.25, -0.2) is 22.6 Å². The molecule has 1 N–H and O–H groups in total. The van der Waals surface area contributed by atoms with E-state index in [1.807, 2.05) is 30.3 Å². The smallest absolute Gasteiger partial charge is 0.408 e. The summed E-state index contributed by atoms with van der Waals surface area (Å²) in [7, 11) is -4.21. The van der Waals surface area contributed by atoms with Gasteiger partial charge in [-0.3, -0.25) is 9.29 Å². The van der Waals surface area contributed by atoms with Gasteiger partial charge in [0.15, 0.2) is 10.7 Å². The SMILES string of the molecule is O=c1oc2cc(S(=O)(=O)Nc3nccs3)c(F)cc2n1CCc1ccccc1. The molecule has 2 aromatic heterocycles. The molecule has 0 atom stereocenters. The molecule has 7 nitrogen and oxygen atoms in total. The maximum absolute atomic E-state index is 14.6. The zero-order valence-corrected chi connectivity index (χ0v) is 16.0. The Bertz CT molecular complexity index is 1280. The number of rotatable bonds is 6. The molecular formula is C18H14FN3O4S2. The van der Waals surface area contributed by atoms with Crippen LogP contribution in [0.1, 0.15) is 5.56 Å². The summed E-state index contributed by atoms with van der Waals surface area (Å²) in [6.45, 7) is 0.277. The Labute approximate surface area is 163 Å². The molecule has 2 heterocycles. The van der Waals surface area contributed by atoms with E-state index in [1.54, 1.807) is 5.38 Å². The molecule has 4 aromatic rings. The fraction of sp³-hybridized carbons (Fsp3) is 0.111. The zero-order valence-electron chi connectivity index (χ0n) is 14.3. The van der Waals surface area contributed by atoms with Crippen LogP contribution >= 0.6 is 11.3 Å². The highest BCUT2D eigenvalue weighted by Gasteiger charge is 2.23. The number of nitrogens with one attached hydrogen (secondary N) is 1. The Kier molecular flexibility index (Phi) is 4.73. The number of aromatic nitrogens is 2. The zero-order chi connectivity index (χ0) is 19.7. The fourth-order valence-electron chi connectivity index (χ4n) is 2.81. The number of halogens is 1. The minimum atomic E-state index is -4.21. The molecule has 0 radical (unpaired) electrons. The minimum Gasteiger partial charge on any atom is -0.408 e. The predicted octanol–water partition coefficient (Wildman–Crippen LogP) is 3.23. The standard InChI is InChI=1S/C18H14FN3O4S2/c19-13-10-14-15(11-16(13)28(24,25)21-17-20-7-9-27-17)26-18(23)22(14)8-6-12-4-2-1-3-5-12/h1-5,7,9-11H,6,8H2,(H,20,21). The summed E-state index contributed by atoms with van der Waals surface area (Å²) in [4.78, 5) is 15.4. The largest absolute Gasteiger partial charge is 0.419 e. The average Bonchev–Trinajstić information content (AvgIpc) is 3.27. The van der Waals surface area contributed by atoms with Crippen LogP contribution in [0.25, 0.3) is 11.1 Å². The van der Waals surface area contributed by atoms with E-state index in [0.717, 1.165) is 29.0 Å². The Hall–Kier alpha value is -2.98. The first-order valence-electron chi connectivity index (χ1n) is 8.23. The van der Waals surface area contributed by atoms with E-state index in [2.05, 4.69) is 9.71 Å². The van der Waals surface area contributed by atoms with E-state index in [-0.39, 0.29) is 22.8 Å². The minimum absolute atomic E-state index is 0.000949. The number of hydrogen-bond acceptors (Lipinski definition) is 6. The first-order valence-corrected chi connectivity index (χ1v) is 10.6. The highest BCUT2D eigenvalue weighted by Crippen LogP contribution is 2.25. The second-order valence-corrected chi connectivity index (χ2v) is 8.49. The number of fused-ring (bicyclic) bond motifs is 1. The second kappa shape index (κ2) is 7.21. The molecule has 0 aliphatic carbocycles. The fourth-order valence-corrected chi connectivity index (χ4v) is 4.68. The van der Waals surface area contributed by atoms with Crippen LogP contribution in [0.3, 0.4) is 0 Å². The van der Waals surface area contributed by atoms with Crippen LogP contribution in [-0.2, 0) is 23.0 Å². The van der Waals surface area contributed by atoms with Crippen LogP contribution in [-0.4, -0.2) is 18.0 Å². The van der Waals surface area contributed by atoms with E-state index in [4.69, 9.17) is 4.42 Å². The number of aryl methyl sites for hydroxylation is 2. The van der Waals surface area contributed by atoms with Crippen LogP contribution in [0.2, 0.25) is 0 Å². The quantitative estimate of drug-likeness (QED) is 0.518. The van der Waals surface area contributed by atoms with Crippen molar-refractivity contribution in [2.45, 2.75) is 17.9 Å². The van der Waals surface area contributed by atoms with Gasteiger partial charge < -0.3 is 4.42 Å². The Balaban J connectivity index is 1.69. The predicted molar refractivity (Wildman–Crippen MR) is 104 cm³/mol. The normalized spacial score (nSPS) is 11.8. The summed E-state index contributed by atoms with van der Waals surface area (Å²) in [6.07, 6.45) is 1.97. The first-order chi connectivity index (χ1) is 13.4. The summed E-state index contributed by atoms with van der Waals surface area (Å²) in [6, 6.07) is 11.5. The third-order valence-corrected chi connectivity index (χ3v) is 6.30. The van der Waals surface area contributed by atoms with E-state index < -0.39 is 26.5 Å². The van der Waals surface area contributed by atoms with Crippen LogP contribution in [0.5, 0.6) is 0 Å². The van der Waals surface area contributed by atoms with Crippen molar-refractivity contribution in [3.8, 4) is 0 Å². The lowest BCUT2D eigenvalue weighted by atomic mass is 10.1. The van der Waals surface area contributed by atoms with Gasteiger partial charge in [0.2, 0.25) is 0 Å². The second-order valence-electron chi connectivity index (χ2n) is 5.95. The van der Waals surface area contributed by atoms with E-state index >= 15 is 0 Å². The Morgan fingerprint density at radius 1 is 1.21 bits per heavy atom. The average molecular weight is 419 g/mol. The monoisotopic (exact) mass is 419 g/mol. The molecule has 0 amide bonds. The molecule has 0 unspecified atom stereocenters. The van der Waals surface area contributed by atoms with Gasteiger partial charge in [-0.2, -0.15) is 0 Å². The molecule has 0 spiro atoms. The van der Waals surface area contributed by atoms with Gasteiger partial charge in [0.1, 0.15) is 10.7 Å². The van der Waals surface area contributed by atoms with Crippen molar-refractivity contribution in [3.05, 3.63) is 76.0 Å². The summed E-state index contributed by atoms with van der Waals surface area (Å²) >= 11 is 1.06. The lowest BCUT2D eigenvalue weighted by Crippen LogP contribution is -2.16. The van der Waals surface area contributed by atoms with E-state index in [9.17, 15) is 17.6 Å². The number of thiazole rings is 1. The van der Waals surface area contributed by atoms with Crippen LogP contribution in [0.15, 0.2) is 68.1 Å². The lowest BCUT2D eigenvalue weighted by molar-refractivity contribution is 0.504. The van der Waals surface area contributed by atoms with Gasteiger partial charge in [-0.15, -0.1) is 11.3 Å². The third-order valence-electron chi connectivity index (χ3n) is 4.13. The molecular weight excluding hydrogens is 405 g/mol. The van der Waals surface area contributed by atoms with Gasteiger partial charge in [0.25, 0.3) is 10.0 Å². The number of nitrogens with zero attached hydrogens (tertiary/aromatic N) is 2. The first kappa shape index (κ1) is 18.4. The highest BCUT2D eigenvalue weighted by molar-refractivity contribution is 7.93. The molecule has 144 valence electrons. The lowest BCUT2D eigenvalue weighted by Gasteiger charge is -2.07. The Morgan fingerprint density at radius 2 is 2.00 bits per heavy atom. The number of hydrogen-bond donors (Lipinski definition) is 1. The van der Waals surface area contributed by atoms with Crippen LogP contribution in [0.4, 0.5) is 9.52 Å². The van der Waals surface area contributed by atoms with Gasteiger partial charge in [0, 0.05) is 30.3 Å². The molecule has 28 heavy (non-hydrogen) atoms. The molecule has 0 saturated heterocycles. The summed E-state index contributed by atoms with van der Waals surface area (Å²) in [5.41, 5.74) is 1.21. The Morgan fingerprint density at radius 3 is 2.71 bits per heavy atom. The van der Waals surface area contributed by atoms with E-state index in [1.165, 1.54) is 10.8 Å². The van der Waals surface area contributed by atoms with E-state index in [0.29, 0.717) is 6.42 Å². The molecule has 0 aliphatic heterocycles. The van der Waals surface area contributed by atoms with Crippen molar-refractivity contribution < 1.29 is 17.2 Å². The molecule has 0 saturated carbocycles. The number of oxazole rings is 1. The van der Waals surface area contributed by atoms with Crippen molar-refractivity contribution in [3.63, 3.8) is 0 Å². The van der Waals surface area contributed by atoms with Crippen LogP contribution in [0, 0.1) is 5.82 Å².